The van der Waals surface area contributed by atoms with Gasteiger partial charge in [-0.15, -0.1) is 0 Å². The molecule has 4 rings (SSSR count). The Bertz CT molecular complexity index is 1230. The highest BCUT2D eigenvalue weighted by atomic mass is 19.1. The molecule has 2 aromatic carbocycles. The first kappa shape index (κ1) is 22.6. The van der Waals surface area contributed by atoms with Gasteiger partial charge in [0.1, 0.15) is 12.4 Å². The zero-order valence-electron chi connectivity index (χ0n) is 18.6. The van der Waals surface area contributed by atoms with Crippen molar-refractivity contribution in [2.45, 2.75) is 32.7 Å². The lowest BCUT2D eigenvalue weighted by Crippen LogP contribution is -2.45. The highest BCUT2D eigenvalue weighted by Gasteiger charge is 2.27. The maximum Gasteiger partial charge on any atom is 0.275 e. The Morgan fingerprint density at radius 2 is 1.73 bits per heavy atom. The first-order valence-corrected chi connectivity index (χ1v) is 11.2. The van der Waals surface area contributed by atoms with Crippen LogP contribution in [0.5, 0.6) is 0 Å². The van der Waals surface area contributed by atoms with Gasteiger partial charge in [-0.05, 0) is 43.9 Å². The second kappa shape index (κ2) is 9.94. The Balaban J connectivity index is 1.29. The van der Waals surface area contributed by atoms with E-state index in [1.807, 2.05) is 19.1 Å². The molecule has 0 bridgehead atoms. The number of aryl methyl sites for hydroxylation is 1. The van der Waals surface area contributed by atoms with Crippen LogP contribution < -0.4 is 10.9 Å². The van der Waals surface area contributed by atoms with Gasteiger partial charge in [-0.25, -0.2) is 9.07 Å². The van der Waals surface area contributed by atoms with Gasteiger partial charge < -0.3 is 10.2 Å². The molecule has 0 unspecified atom stereocenters. The highest BCUT2D eigenvalue weighted by Crippen LogP contribution is 2.18. The number of amides is 2. The van der Waals surface area contributed by atoms with Gasteiger partial charge in [0, 0.05) is 30.9 Å². The van der Waals surface area contributed by atoms with Gasteiger partial charge in [-0.2, -0.15) is 5.10 Å². The maximum absolute atomic E-state index is 13.7. The van der Waals surface area contributed by atoms with E-state index >= 15 is 0 Å². The Morgan fingerprint density at radius 3 is 2.45 bits per heavy atom. The lowest BCUT2D eigenvalue weighted by molar-refractivity contribution is -0.136. The number of hydrogen-bond acceptors (Lipinski definition) is 4. The predicted octanol–water partition coefficient (Wildman–Crippen LogP) is 2.44. The number of piperidine rings is 1. The SMILES string of the molecule is Cc1nn(CC(=O)N2CCC(C(=O)NCCc3ccccc3F)CC2)c(=O)c2ccccc12. The fourth-order valence-corrected chi connectivity index (χ4v) is 4.30. The van der Waals surface area contributed by atoms with E-state index in [0.717, 1.165) is 5.39 Å². The molecule has 0 saturated carbocycles. The van der Waals surface area contributed by atoms with Crippen LogP contribution in [0.4, 0.5) is 4.39 Å². The first-order chi connectivity index (χ1) is 15.9. The first-order valence-electron chi connectivity index (χ1n) is 11.2. The van der Waals surface area contributed by atoms with Crippen LogP contribution in [-0.4, -0.2) is 46.1 Å². The minimum atomic E-state index is -0.284. The minimum Gasteiger partial charge on any atom is -0.356 e. The topological polar surface area (TPSA) is 84.3 Å². The smallest absolute Gasteiger partial charge is 0.275 e. The van der Waals surface area contributed by atoms with E-state index in [9.17, 15) is 18.8 Å². The molecule has 1 fully saturated rings. The Morgan fingerprint density at radius 1 is 1.06 bits per heavy atom. The summed E-state index contributed by atoms with van der Waals surface area (Å²) in [5.41, 5.74) is 0.989. The maximum atomic E-state index is 13.7. The summed E-state index contributed by atoms with van der Waals surface area (Å²) in [5, 5.41) is 8.52. The molecule has 0 radical (unpaired) electrons. The van der Waals surface area contributed by atoms with Crippen LogP contribution in [0.15, 0.2) is 53.3 Å². The number of nitrogens with zero attached hydrogens (tertiary/aromatic N) is 3. The Hall–Kier alpha value is -3.55. The minimum absolute atomic E-state index is 0.0681. The molecule has 1 saturated heterocycles. The number of carbonyl (C=O) groups is 2. The van der Waals surface area contributed by atoms with Gasteiger partial charge in [-0.1, -0.05) is 36.4 Å². The second-order valence-electron chi connectivity index (χ2n) is 8.38. The number of halogens is 1. The van der Waals surface area contributed by atoms with E-state index in [1.165, 1.54) is 10.7 Å². The largest absolute Gasteiger partial charge is 0.356 e. The van der Waals surface area contributed by atoms with Crippen molar-refractivity contribution in [3.05, 3.63) is 76.0 Å². The number of fused-ring (bicyclic) bond motifs is 1. The molecule has 1 aromatic heterocycles. The van der Waals surface area contributed by atoms with Gasteiger partial charge >= 0.3 is 0 Å². The van der Waals surface area contributed by atoms with E-state index in [4.69, 9.17) is 0 Å². The molecule has 2 heterocycles. The zero-order chi connectivity index (χ0) is 23.4. The summed E-state index contributed by atoms with van der Waals surface area (Å²) in [4.78, 5) is 39.7. The molecule has 1 N–H and O–H groups in total. The van der Waals surface area contributed by atoms with Gasteiger partial charge in [-0.3, -0.25) is 14.4 Å². The van der Waals surface area contributed by atoms with Crippen molar-refractivity contribution in [1.29, 1.82) is 0 Å². The molecule has 7 nitrogen and oxygen atoms in total. The predicted molar refractivity (Wildman–Crippen MR) is 123 cm³/mol. The summed E-state index contributed by atoms with van der Waals surface area (Å²) in [7, 11) is 0. The molecule has 1 aliphatic rings. The molecule has 33 heavy (non-hydrogen) atoms. The van der Waals surface area contributed by atoms with Crippen molar-refractivity contribution in [2.75, 3.05) is 19.6 Å². The van der Waals surface area contributed by atoms with Crippen LogP contribution in [0.2, 0.25) is 0 Å². The van der Waals surface area contributed by atoms with Crippen LogP contribution >= 0.6 is 0 Å². The summed E-state index contributed by atoms with van der Waals surface area (Å²) in [6.45, 7) is 2.97. The number of aromatic nitrogens is 2. The summed E-state index contributed by atoms with van der Waals surface area (Å²) >= 11 is 0. The number of nitrogens with one attached hydrogen (secondary N) is 1. The quantitative estimate of drug-likeness (QED) is 0.625. The number of hydrogen-bond donors (Lipinski definition) is 1. The summed E-state index contributed by atoms with van der Waals surface area (Å²) < 4.78 is 14.9. The van der Waals surface area contributed by atoms with Gasteiger partial charge in [0.15, 0.2) is 0 Å². The van der Waals surface area contributed by atoms with Gasteiger partial charge in [0.05, 0.1) is 11.1 Å². The monoisotopic (exact) mass is 450 g/mol. The van der Waals surface area contributed by atoms with E-state index in [1.54, 1.807) is 35.2 Å². The molecular formula is C25H27FN4O3. The molecule has 0 aliphatic carbocycles. The van der Waals surface area contributed by atoms with Crippen LogP contribution in [0.25, 0.3) is 10.8 Å². The molecular weight excluding hydrogens is 423 g/mol. The van der Waals surface area contributed by atoms with Crippen molar-refractivity contribution in [1.82, 2.24) is 20.0 Å². The van der Waals surface area contributed by atoms with Gasteiger partial charge in [0.25, 0.3) is 5.56 Å². The molecule has 8 heteroatoms. The van der Waals surface area contributed by atoms with Crippen molar-refractivity contribution in [2.24, 2.45) is 5.92 Å². The second-order valence-corrected chi connectivity index (χ2v) is 8.38. The Labute approximate surface area is 191 Å². The fraction of sp³-hybridized carbons (Fsp3) is 0.360. The van der Waals surface area contributed by atoms with E-state index in [-0.39, 0.29) is 35.7 Å². The van der Waals surface area contributed by atoms with Crippen molar-refractivity contribution >= 4 is 22.6 Å². The zero-order valence-corrected chi connectivity index (χ0v) is 18.6. The number of likely N-dealkylation sites (tertiary alicyclic amines) is 1. The molecule has 3 aromatic rings. The van der Waals surface area contributed by atoms with Crippen LogP contribution in [-0.2, 0) is 22.6 Å². The van der Waals surface area contributed by atoms with E-state index in [2.05, 4.69) is 10.4 Å². The van der Waals surface area contributed by atoms with Crippen LogP contribution in [0.1, 0.15) is 24.1 Å². The lowest BCUT2D eigenvalue weighted by Gasteiger charge is -2.31. The fourth-order valence-electron chi connectivity index (χ4n) is 4.30. The van der Waals surface area contributed by atoms with Crippen LogP contribution in [0.3, 0.4) is 0 Å². The number of rotatable bonds is 6. The van der Waals surface area contributed by atoms with E-state index < -0.39 is 0 Å². The molecule has 0 spiro atoms. The van der Waals surface area contributed by atoms with E-state index in [0.29, 0.717) is 55.5 Å². The molecule has 0 atom stereocenters. The molecule has 172 valence electrons. The molecule has 1 aliphatic heterocycles. The molecule has 2 amide bonds. The van der Waals surface area contributed by atoms with Crippen molar-refractivity contribution in [3.8, 4) is 0 Å². The number of benzene rings is 2. The third-order valence-electron chi connectivity index (χ3n) is 6.21. The normalized spacial score (nSPS) is 14.4. The number of carbonyl (C=O) groups excluding carboxylic acids is 2. The van der Waals surface area contributed by atoms with Crippen molar-refractivity contribution in [3.63, 3.8) is 0 Å². The third kappa shape index (κ3) is 5.10. The summed E-state index contributed by atoms with van der Waals surface area (Å²) in [6, 6.07) is 13.8. The third-order valence-corrected chi connectivity index (χ3v) is 6.21. The summed E-state index contributed by atoms with van der Waals surface area (Å²) in [5.74, 6) is -0.702. The average molecular weight is 451 g/mol. The average Bonchev–Trinajstić information content (AvgIpc) is 2.83. The van der Waals surface area contributed by atoms with Crippen molar-refractivity contribution < 1.29 is 14.0 Å². The Kier molecular flexibility index (Phi) is 6.82. The summed E-state index contributed by atoms with van der Waals surface area (Å²) in [6.07, 6.45) is 1.54. The standard InChI is InChI=1S/C25H27FN4O3/c1-17-20-7-3-4-8-21(20)25(33)30(28-17)16-23(31)29-14-11-19(12-15-29)24(32)27-13-10-18-6-2-5-9-22(18)26/h2-9,19H,10-16H2,1H3,(H,27,32). The van der Waals surface area contributed by atoms with Crippen LogP contribution in [0, 0.1) is 18.7 Å². The van der Waals surface area contributed by atoms with Gasteiger partial charge in [0.2, 0.25) is 11.8 Å². The highest BCUT2D eigenvalue weighted by molar-refractivity contribution is 5.84. The lowest BCUT2D eigenvalue weighted by atomic mass is 9.95.